The van der Waals surface area contributed by atoms with Crippen LogP contribution in [0, 0.1) is 11.3 Å². The molecule has 1 rings (SSSR count). The number of alkyl halides is 5. The minimum Gasteiger partial charge on any atom is -0.431 e. The van der Waals surface area contributed by atoms with E-state index in [9.17, 15) is 22.0 Å². The monoisotopic (exact) mass is 253 g/mol. The van der Waals surface area contributed by atoms with Crippen LogP contribution < -0.4 is 9.47 Å². The van der Waals surface area contributed by atoms with Crippen molar-refractivity contribution in [2.24, 2.45) is 0 Å². The molecule has 92 valence electrons. The van der Waals surface area contributed by atoms with Crippen molar-refractivity contribution >= 4 is 0 Å². The Morgan fingerprint density at radius 2 is 1.82 bits per heavy atom. The second-order valence-corrected chi connectivity index (χ2v) is 2.70. The van der Waals surface area contributed by atoms with Crippen molar-refractivity contribution in [3.63, 3.8) is 0 Å². The van der Waals surface area contributed by atoms with Crippen LogP contribution in [-0.4, -0.2) is 13.0 Å². The maximum atomic E-state index is 11.9. The molecule has 8 heteroatoms. The molecule has 17 heavy (non-hydrogen) atoms. The predicted octanol–water partition coefficient (Wildman–Crippen LogP) is 3.06. The number of hydrogen-bond donors (Lipinski definition) is 0. The molecule has 0 atom stereocenters. The smallest absolute Gasteiger partial charge is 0.431 e. The van der Waals surface area contributed by atoms with Crippen LogP contribution in [0.3, 0.4) is 0 Å². The molecule has 3 nitrogen and oxygen atoms in total. The molecule has 0 saturated carbocycles. The van der Waals surface area contributed by atoms with Gasteiger partial charge in [0.25, 0.3) is 0 Å². The standard InChI is InChI=1S/C9H4F5NO2/c10-8(11)16-7-3-5(4-15)1-2-6(7)17-9(12,13)14/h1-3,8H. The second-order valence-electron chi connectivity index (χ2n) is 2.70. The molecule has 0 spiro atoms. The summed E-state index contributed by atoms with van der Waals surface area (Å²) in [4.78, 5) is 0. The summed E-state index contributed by atoms with van der Waals surface area (Å²) in [7, 11) is 0. The Hall–Kier alpha value is -2.04. The Labute approximate surface area is 92.0 Å². The zero-order valence-corrected chi connectivity index (χ0v) is 7.96. The zero-order valence-electron chi connectivity index (χ0n) is 7.96. The van der Waals surface area contributed by atoms with E-state index in [4.69, 9.17) is 5.26 Å². The highest BCUT2D eigenvalue weighted by atomic mass is 19.4. The van der Waals surface area contributed by atoms with Gasteiger partial charge in [-0.15, -0.1) is 13.2 Å². The summed E-state index contributed by atoms with van der Waals surface area (Å²) in [6, 6.07) is 4.01. The highest BCUT2D eigenvalue weighted by molar-refractivity contribution is 5.46. The minimum absolute atomic E-state index is 0.129. The summed E-state index contributed by atoms with van der Waals surface area (Å²) in [5, 5.41) is 8.46. The lowest BCUT2D eigenvalue weighted by molar-refractivity contribution is -0.275. The minimum atomic E-state index is -5.03. The van der Waals surface area contributed by atoms with E-state index in [-0.39, 0.29) is 5.56 Å². The Morgan fingerprint density at radius 1 is 1.18 bits per heavy atom. The van der Waals surface area contributed by atoms with E-state index in [1.165, 1.54) is 0 Å². The van der Waals surface area contributed by atoms with Crippen LogP contribution >= 0.6 is 0 Å². The van der Waals surface area contributed by atoms with Gasteiger partial charge < -0.3 is 9.47 Å². The van der Waals surface area contributed by atoms with Gasteiger partial charge >= 0.3 is 13.0 Å². The average Bonchev–Trinajstić information content (AvgIpc) is 2.17. The quantitative estimate of drug-likeness (QED) is 0.777. The van der Waals surface area contributed by atoms with Crippen molar-refractivity contribution in [3.8, 4) is 17.6 Å². The Balaban J connectivity index is 3.07. The summed E-state index contributed by atoms with van der Waals surface area (Å²) in [5.41, 5.74) is -0.129. The van der Waals surface area contributed by atoms with E-state index in [2.05, 4.69) is 9.47 Å². The van der Waals surface area contributed by atoms with Gasteiger partial charge in [0.05, 0.1) is 11.6 Å². The van der Waals surface area contributed by atoms with Crippen LogP contribution in [0.5, 0.6) is 11.5 Å². The molecule has 1 aromatic carbocycles. The van der Waals surface area contributed by atoms with E-state index in [1.807, 2.05) is 0 Å². The third-order valence-corrected chi connectivity index (χ3v) is 1.51. The topological polar surface area (TPSA) is 42.2 Å². The lowest BCUT2D eigenvalue weighted by Gasteiger charge is -2.13. The van der Waals surface area contributed by atoms with Gasteiger partial charge in [0.15, 0.2) is 11.5 Å². The molecular formula is C9H4F5NO2. The summed E-state index contributed by atoms with van der Waals surface area (Å²) in [6.07, 6.45) is -5.03. The van der Waals surface area contributed by atoms with E-state index in [0.29, 0.717) is 0 Å². The number of halogens is 5. The molecule has 0 bridgehead atoms. The maximum absolute atomic E-state index is 11.9. The molecule has 0 aromatic heterocycles. The molecule has 0 aliphatic heterocycles. The van der Waals surface area contributed by atoms with Crippen LogP contribution in [0.4, 0.5) is 22.0 Å². The van der Waals surface area contributed by atoms with Crippen molar-refractivity contribution < 1.29 is 31.4 Å². The highest BCUT2D eigenvalue weighted by Gasteiger charge is 2.32. The first-order chi connectivity index (χ1) is 7.81. The van der Waals surface area contributed by atoms with Gasteiger partial charge in [0.1, 0.15) is 0 Å². The van der Waals surface area contributed by atoms with Crippen molar-refractivity contribution in [2.75, 3.05) is 0 Å². The third-order valence-electron chi connectivity index (χ3n) is 1.51. The fraction of sp³-hybridized carbons (Fsp3) is 0.222. The molecular weight excluding hydrogens is 249 g/mol. The van der Waals surface area contributed by atoms with Gasteiger partial charge in [-0.05, 0) is 12.1 Å². The number of benzene rings is 1. The van der Waals surface area contributed by atoms with E-state index < -0.39 is 24.5 Å². The number of nitrogens with zero attached hydrogens (tertiary/aromatic N) is 1. The largest absolute Gasteiger partial charge is 0.573 e. The SMILES string of the molecule is N#Cc1ccc(OC(F)(F)F)c(OC(F)F)c1. The van der Waals surface area contributed by atoms with Crippen LogP contribution in [-0.2, 0) is 0 Å². The first-order valence-corrected chi connectivity index (χ1v) is 4.06. The van der Waals surface area contributed by atoms with Gasteiger partial charge in [-0.2, -0.15) is 14.0 Å². The van der Waals surface area contributed by atoms with Gasteiger partial charge in [-0.3, -0.25) is 0 Å². The lowest BCUT2D eigenvalue weighted by Crippen LogP contribution is -2.18. The van der Waals surface area contributed by atoms with Gasteiger partial charge in [0.2, 0.25) is 0 Å². The normalized spacial score (nSPS) is 11.1. The summed E-state index contributed by atoms with van der Waals surface area (Å²) >= 11 is 0. The van der Waals surface area contributed by atoms with Crippen molar-refractivity contribution in [3.05, 3.63) is 23.8 Å². The van der Waals surface area contributed by atoms with Crippen LogP contribution in [0.2, 0.25) is 0 Å². The summed E-state index contributed by atoms with van der Waals surface area (Å²) in [6.45, 7) is -3.32. The summed E-state index contributed by atoms with van der Waals surface area (Å²) < 4.78 is 66.9. The van der Waals surface area contributed by atoms with Gasteiger partial charge in [-0.25, -0.2) is 0 Å². The number of ether oxygens (including phenoxy) is 2. The number of nitriles is 1. The molecule has 0 fully saturated rings. The molecule has 0 heterocycles. The molecule has 0 amide bonds. The van der Waals surface area contributed by atoms with Gasteiger partial charge in [0, 0.05) is 6.07 Å². The van der Waals surface area contributed by atoms with Gasteiger partial charge in [-0.1, -0.05) is 0 Å². The third kappa shape index (κ3) is 4.14. The maximum Gasteiger partial charge on any atom is 0.573 e. The van der Waals surface area contributed by atoms with Crippen molar-refractivity contribution in [2.45, 2.75) is 13.0 Å². The predicted molar refractivity (Wildman–Crippen MR) is 44.5 cm³/mol. The highest BCUT2D eigenvalue weighted by Crippen LogP contribution is 2.33. The van der Waals surface area contributed by atoms with Crippen LogP contribution in [0.15, 0.2) is 18.2 Å². The lowest BCUT2D eigenvalue weighted by atomic mass is 10.2. The first kappa shape index (κ1) is 13.0. The molecule has 0 unspecified atom stereocenters. The number of rotatable bonds is 3. The molecule has 0 aliphatic rings. The van der Waals surface area contributed by atoms with Crippen molar-refractivity contribution in [1.29, 1.82) is 5.26 Å². The average molecular weight is 253 g/mol. The molecule has 0 saturated heterocycles. The molecule has 0 N–H and O–H groups in total. The first-order valence-electron chi connectivity index (χ1n) is 4.06. The number of hydrogen-bond acceptors (Lipinski definition) is 3. The Kier molecular flexibility index (Phi) is 3.73. The van der Waals surface area contributed by atoms with E-state index >= 15 is 0 Å². The molecule has 0 radical (unpaired) electrons. The zero-order chi connectivity index (χ0) is 13.1. The second kappa shape index (κ2) is 4.86. The van der Waals surface area contributed by atoms with E-state index in [1.54, 1.807) is 6.07 Å². The van der Waals surface area contributed by atoms with E-state index in [0.717, 1.165) is 18.2 Å². The molecule has 0 aliphatic carbocycles. The fourth-order valence-electron chi connectivity index (χ4n) is 0.975. The van der Waals surface area contributed by atoms with Crippen LogP contribution in [0.1, 0.15) is 5.56 Å². The molecule has 1 aromatic rings. The Morgan fingerprint density at radius 3 is 2.29 bits per heavy atom. The fourth-order valence-corrected chi connectivity index (χ4v) is 0.975. The van der Waals surface area contributed by atoms with Crippen molar-refractivity contribution in [1.82, 2.24) is 0 Å². The Bertz CT molecular complexity index is 438. The summed E-state index contributed by atoms with van der Waals surface area (Å²) in [5.74, 6) is -1.78. The van der Waals surface area contributed by atoms with Crippen LogP contribution in [0.25, 0.3) is 0 Å².